The van der Waals surface area contributed by atoms with Crippen LogP contribution in [-0.4, -0.2) is 69.3 Å². The van der Waals surface area contributed by atoms with Gasteiger partial charge in [0.25, 0.3) is 0 Å². The fraction of sp³-hybridized carbons (Fsp3) is 0.161. The van der Waals surface area contributed by atoms with Crippen molar-refractivity contribution in [3.8, 4) is 102 Å². The third-order valence-electron chi connectivity index (χ3n) is 26.6. The van der Waals surface area contributed by atoms with Crippen LogP contribution < -0.4 is 47.4 Å². The smallest absolute Gasteiger partial charge is 0.343 e. The number of benzene rings is 12. The lowest BCUT2D eigenvalue weighted by molar-refractivity contribution is 0.0648. The molecule has 0 amide bonds. The second-order valence-electron chi connectivity index (χ2n) is 33.9. The molecule has 0 radical (unpaired) electrons. The summed E-state index contributed by atoms with van der Waals surface area (Å²) in [5, 5.41) is 24.7. The number of carbonyl (C=O) groups is 2. The van der Waals surface area contributed by atoms with Gasteiger partial charge in [0, 0.05) is 124 Å². The minimum absolute atomic E-state index is 0.0143. The van der Waals surface area contributed by atoms with E-state index in [2.05, 4.69) is 180 Å². The number of carboxylic acids is 2. The van der Waals surface area contributed by atoms with E-state index in [1.165, 1.54) is 0 Å². The van der Waals surface area contributed by atoms with Crippen LogP contribution in [0.4, 0.5) is 0 Å². The number of aromatic nitrogens is 4. The van der Waals surface area contributed by atoms with E-state index >= 15 is 9.59 Å². The minimum Gasteiger partial charge on any atom is -0.488 e. The van der Waals surface area contributed by atoms with Gasteiger partial charge in [-0.05, 0) is 170 Å². The first-order chi connectivity index (χ1) is 64.1. The number of aromatic amines is 2. The Morgan fingerprint density at radius 3 is 0.823 bits per heavy atom. The first-order valence-electron chi connectivity index (χ1n) is 44.3. The molecule has 3 aromatic heterocycles. The van der Waals surface area contributed by atoms with Gasteiger partial charge in [-0.1, -0.05) is 218 Å². The molecule has 18 nitrogen and oxygen atoms in total. The van der Waals surface area contributed by atoms with E-state index in [0.29, 0.717) is 164 Å². The zero-order valence-electron chi connectivity index (χ0n) is 70.8. The third kappa shape index (κ3) is 14.2. The Balaban J connectivity index is 0.870. The van der Waals surface area contributed by atoms with E-state index in [1.807, 2.05) is 133 Å². The number of hydrogen-bond donors (Lipinski definition) is 4. The van der Waals surface area contributed by atoms with Gasteiger partial charge in [-0.3, -0.25) is 0 Å². The van der Waals surface area contributed by atoms with Gasteiger partial charge in [-0.2, -0.15) is 0 Å². The Kier molecular flexibility index (Phi) is 20.3. The number of para-hydroxylation sites is 2. The molecule has 0 spiro atoms. The van der Waals surface area contributed by atoms with Gasteiger partial charge in [0.2, 0.25) is 27.2 Å². The predicted molar refractivity (Wildman–Crippen MR) is 500 cm³/mol. The molecule has 2 unspecified atom stereocenters. The molecule has 23 rings (SSSR count). The monoisotopic (exact) mass is 1710 g/mol. The lowest BCUT2D eigenvalue weighted by Crippen LogP contribution is -2.27. The van der Waals surface area contributed by atoms with Gasteiger partial charge < -0.3 is 67.5 Å². The largest absolute Gasteiger partial charge is 0.488 e. The highest BCUT2D eigenvalue weighted by atomic mass is 16.7. The number of aryl methyl sites for hydroxylation is 4. The molecule has 130 heavy (non-hydrogen) atoms. The highest BCUT2D eigenvalue weighted by molar-refractivity contribution is 6.02. The van der Waals surface area contributed by atoms with Crippen molar-refractivity contribution in [3.63, 3.8) is 0 Å². The zero-order valence-corrected chi connectivity index (χ0v) is 70.8. The Morgan fingerprint density at radius 2 is 0.531 bits per heavy atom. The third-order valence-corrected chi connectivity index (χ3v) is 26.6. The van der Waals surface area contributed by atoms with Crippen LogP contribution >= 0.6 is 0 Å². The fourth-order valence-electron chi connectivity index (χ4n) is 20.7. The summed E-state index contributed by atoms with van der Waals surface area (Å²) in [5.41, 5.74) is 22.2. The lowest BCUT2D eigenvalue weighted by atomic mass is 9.74. The van der Waals surface area contributed by atoms with Crippen molar-refractivity contribution in [3.05, 3.63) is 391 Å². The van der Waals surface area contributed by atoms with Crippen LogP contribution in [0.2, 0.25) is 0 Å². The van der Waals surface area contributed by atoms with Gasteiger partial charge >= 0.3 is 11.9 Å². The summed E-state index contributed by atoms with van der Waals surface area (Å²) in [5.74, 6) is -2.85. The molecule has 0 saturated heterocycles. The molecule has 4 N–H and O–H groups in total. The molecular weight excluding hydrogens is 1630 g/mol. The SMILES string of the molecule is O=C(O)c1c2c3cc4c1OCOc1c(cc5c(c1C(=O)O)OCOc1c(cc6c7c1COc1ccccc1-c1c8nc(c(-c9ccccc9)c9ccc([nH]9)c(-c9ccccc9)c9nc(c(c%10ccc1[nH]%10)-c1ccccc1OCc1c(c(cc(c1OCO2)C3CCc1ccccc1)C6CCc1ccccc1)OCO7)C=C9)C=C8)C5CCc1ccccc1)C4CCc1ccccc1. The summed E-state index contributed by atoms with van der Waals surface area (Å²) >= 11 is 0. The second kappa shape index (κ2) is 33.5. The molecular formula is C112H86N4O14. The van der Waals surface area contributed by atoms with Crippen molar-refractivity contribution in [1.29, 1.82) is 0 Å². The molecule has 10 heterocycles. The Labute approximate surface area is 749 Å². The number of hydrogen-bond acceptors (Lipinski definition) is 14. The summed E-state index contributed by atoms with van der Waals surface area (Å²) in [4.78, 5) is 49.7. The Bertz CT molecular complexity index is 6900. The van der Waals surface area contributed by atoms with Crippen LogP contribution in [0.5, 0.6) is 57.5 Å². The van der Waals surface area contributed by atoms with Crippen molar-refractivity contribution in [2.24, 2.45) is 0 Å². The predicted octanol–water partition coefficient (Wildman–Crippen LogP) is 24.5. The summed E-state index contributed by atoms with van der Waals surface area (Å²) < 4.78 is 73.4. The molecule has 18 heteroatoms. The van der Waals surface area contributed by atoms with Crippen LogP contribution in [0.1, 0.15) is 171 Å². The van der Waals surface area contributed by atoms with Crippen molar-refractivity contribution < 1.29 is 67.2 Å². The van der Waals surface area contributed by atoms with Gasteiger partial charge in [-0.15, -0.1) is 0 Å². The number of fused-ring (bicyclic) bond motifs is 14. The lowest BCUT2D eigenvalue weighted by Gasteiger charge is -2.37. The average molecular weight is 1710 g/mol. The van der Waals surface area contributed by atoms with Crippen LogP contribution in [-0.2, 0) is 38.9 Å². The number of ether oxygens (including phenoxy) is 10. The van der Waals surface area contributed by atoms with Gasteiger partial charge in [0.05, 0.1) is 33.9 Å². The van der Waals surface area contributed by atoms with E-state index < -0.39 is 56.0 Å². The van der Waals surface area contributed by atoms with Crippen molar-refractivity contribution >= 4 is 58.3 Å². The zero-order chi connectivity index (χ0) is 86.9. The van der Waals surface area contributed by atoms with Crippen LogP contribution in [0.3, 0.4) is 0 Å². The van der Waals surface area contributed by atoms with Crippen molar-refractivity contribution in [1.82, 2.24) is 19.9 Å². The number of nitrogens with zero attached hydrogens (tertiary/aromatic N) is 2. The number of H-pyrrole nitrogens is 2. The maximum absolute atomic E-state index is 15.1. The summed E-state index contributed by atoms with van der Waals surface area (Å²) in [6.45, 7) is -2.29. The maximum atomic E-state index is 15.1. The van der Waals surface area contributed by atoms with E-state index in [1.54, 1.807) is 0 Å². The summed E-state index contributed by atoms with van der Waals surface area (Å²) in [6.07, 6.45) is 11.8. The van der Waals surface area contributed by atoms with E-state index in [-0.39, 0.29) is 54.1 Å². The number of aromatic carboxylic acids is 2. The first kappa shape index (κ1) is 78.9. The number of rotatable bonds is 16. The average Bonchev–Trinajstić information content (AvgIpc) is 1.02. The second-order valence-corrected chi connectivity index (χ2v) is 33.9. The summed E-state index contributed by atoms with van der Waals surface area (Å²) in [7, 11) is 0. The van der Waals surface area contributed by atoms with Gasteiger partial charge in [0.15, 0.2) is 0 Å². The molecule has 22 bridgehead atoms. The highest BCUT2D eigenvalue weighted by Gasteiger charge is 2.44. The normalized spacial score (nSPS) is 16.1. The fourth-order valence-corrected chi connectivity index (χ4v) is 20.7. The molecule has 7 aliphatic heterocycles. The molecule has 8 aliphatic rings. The Morgan fingerprint density at radius 1 is 0.285 bits per heavy atom. The standard InChI is InChI=1S/C112H86N4O14/c117-111(118)101-107-81-57-83-74(46-42-68-29-13-4-14-30-68)84-58-82-73(45-41-67-27-11-3-12-28-67)80-56-78-71(43-39-65-23-7-1-8-24-65)77-55-79(72(81)44-40-66-25-9-2-10-26-66)105(125-62-127-107)85-59-121-95-37-21-19-35-75(95)99-91-51-49-89(114-91)97(69-31-15-5-16-32-69)87-47-48-88(113-87)98(70-33-17-6-18-34-70)90-50-52-92(115-90)100(94-54-53-93(99)116-94)76-36-20-22-38-96(76)122-60-86(104(78)124-61-123-103(77)85)106(80)126-63-128-108(82)102(112(119)120)110(84)130-64-129-109(83)101/h1-38,47-58,71-74,113,116H,39-46,59-64H2,(H,117,118)(H,119,120). The molecule has 1 aliphatic carbocycles. The minimum atomic E-state index is -1.32. The number of carboxylic acid groups (broad SMARTS) is 2. The molecule has 0 saturated carbocycles. The molecule has 0 fully saturated rings. The summed E-state index contributed by atoms with van der Waals surface area (Å²) in [6, 6.07) is 95.0. The topological polar surface area (TPSA) is 224 Å². The van der Waals surface area contributed by atoms with Crippen LogP contribution in [0.25, 0.3) is 90.9 Å². The van der Waals surface area contributed by atoms with Crippen LogP contribution in [0, 0.1) is 0 Å². The Hall–Kier alpha value is -15.8. The van der Waals surface area contributed by atoms with E-state index in [4.69, 9.17) is 57.3 Å². The molecule has 638 valence electrons. The highest BCUT2D eigenvalue weighted by Crippen LogP contribution is 2.60. The van der Waals surface area contributed by atoms with Crippen LogP contribution in [0.15, 0.2) is 279 Å². The van der Waals surface area contributed by atoms with Gasteiger partial charge in [0.1, 0.15) is 81.8 Å². The van der Waals surface area contributed by atoms with E-state index in [9.17, 15) is 10.2 Å². The van der Waals surface area contributed by atoms with Gasteiger partial charge in [-0.25, -0.2) is 19.6 Å². The first-order valence-corrected chi connectivity index (χ1v) is 44.3. The van der Waals surface area contributed by atoms with E-state index in [0.717, 1.165) is 89.2 Å². The molecule has 2 atom stereocenters. The quantitative estimate of drug-likeness (QED) is 0.0706. The van der Waals surface area contributed by atoms with Crippen molar-refractivity contribution in [2.45, 2.75) is 88.3 Å². The molecule has 12 aromatic carbocycles. The molecule has 15 aromatic rings. The number of nitrogens with one attached hydrogen (secondary N) is 2. The van der Waals surface area contributed by atoms with Crippen molar-refractivity contribution in [2.75, 3.05) is 27.2 Å². The maximum Gasteiger partial charge on any atom is 0.343 e.